The highest BCUT2D eigenvalue weighted by molar-refractivity contribution is 5.94. The number of carbonyl (C=O) groups is 2. The first kappa shape index (κ1) is 17.7. The molecule has 0 fully saturated rings. The van der Waals surface area contributed by atoms with Crippen molar-refractivity contribution in [2.75, 3.05) is 19.7 Å². The van der Waals surface area contributed by atoms with Crippen molar-refractivity contribution in [1.82, 2.24) is 9.88 Å². The van der Waals surface area contributed by atoms with Crippen molar-refractivity contribution in [3.63, 3.8) is 0 Å². The molecule has 1 N–H and O–H groups in total. The van der Waals surface area contributed by atoms with Crippen molar-refractivity contribution < 1.29 is 32.6 Å². The van der Waals surface area contributed by atoms with E-state index >= 15 is 0 Å². The predicted octanol–water partition coefficient (Wildman–Crippen LogP) is 1.96. The molecule has 0 bridgehead atoms. The molecular weight excluding hydrogens is 305 g/mol. The Morgan fingerprint density at radius 1 is 1.36 bits per heavy atom. The molecule has 0 aromatic carbocycles. The van der Waals surface area contributed by atoms with Crippen LogP contribution in [-0.2, 0) is 4.79 Å². The third-order valence-electron chi connectivity index (χ3n) is 2.43. The number of amides is 1. The summed E-state index contributed by atoms with van der Waals surface area (Å²) in [4.78, 5) is 27.6. The van der Waals surface area contributed by atoms with Gasteiger partial charge in [0, 0.05) is 12.6 Å². The molecule has 1 aromatic rings. The van der Waals surface area contributed by atoms with Gasteiger partial charge in [-0.1, -0.05) is 13.0 Å². The smallest absolute Gasteiger partial charge is 0.422 e. The van der Waals surface area contributed by atoms with Gasteiger partial charge in [0.05, 0.1) is 0 Å². The van der Waals surface area contributed by atoms with Crippen LogP contribution >= 0.6 is 0 Å². The Morgan fingerprint density at radius 2 is 2.05 bits per heavy atom. The Labute approximate surface area is 124 Å². The number of alkyl halides is 3. The van der Waals surface area contributed by atoms with Gasteiger partial charge in [0.2, 0.25) is 5.88 Å². The van der Waals surface area contributed by atoms with Crippen LogP contribution in [0.1, 0.15) is 23.8 Å². The number of hydrogen-bond acceptors (Lipinski definition) is 4. The highest BCUT2D eigenvalue weighted by Gasteiger charge is 2.29. The van der Waals surface area contributed by atoms with Gasteiger partial charge in [0.15, 0.2) is 6.61 Å². The molecule has 0 unspecified atom stereocenters. The number of aromatic nitrogens is 1. The Hall–Kier alpha value is -2.32. The van der Waals surface area contributed by atoms with Crippen molar-refractivity contribution in [2.24, 2.45) is 0 Å². The normalized spacial score (nSPS) is 11.1. The molecule has 0 aliphatic rings. The number of rotatable bonds is 7. The first-order valence-electron chi connectivity index (χ1n) is 6.40. The molecule has 122 valence electrons. The third kappa shape index (κ3) is 5.98. The fourth-order valence-corrected chi connectivity index (χ4v) is 1.62. The number of carboxylic acids is 1. The molecule has 0 atom stereocenters. The summed E-state index contributed by atoms with van der Waals surface area (Å²) in [6.45, 7) is -0.0771. The van der Waals surface area contributed by atoms with Gasteiger partial charge in [-0.25, -0.2) is 4.98 Å². The number of hydrogen-bond donors (Lipinski definition) is 1. The largest absolute Gasteiger partial charge is 0.480 e. The molecule has 1 heterocycles. The molecule has 0 spiro atoms. The molecule has 0 radical (unpaired) electrons. The first-order chi connectivity index (χ1) is 10.2. The number of halogens is 3. The summed E-state index contributed by atoms with van der Waals surface area (Å²) in [6, 6.07) is 3.79. The van der Waals surface area contributed by atoms with Crippen LogP contribution in [0.4, 0.5) is 13.2 Å². The minimum Gasteiger partial charge on any atom is -0.480 e. The van der Waals surface area contributed by atoms with Gasteiger partial charge in [-0.15, -0.1) is 0 Å². The SMILES string of the molecule is CCCN(CC(=O)O)C(=O)c1cccc(OCC(F)(F)F)n1. The molecule has 0 saturated carbocycles. The predicted molar refractivity (Wildman–Crippen MR) is 69.6 cm³/mol. The first-order valence-corrected chi connectivity index (χ1v) is 6.40. The second-order valence-corrected chi connectivity index (χ2v) is 4.39. The van der Waals surface area contributed by atoms with Crippen molar-refractivity contribution >= 4 is 11.9 Å². The van der Waals surface area contributed by atoms with E-state index in [1.807, 2.05) is 0 Å². The molecule has 9 heteroatoms. The summed E-state index contributed by atoms with van der Waals surface area (Å²) < 4.78 is 40.7. The van der Waals surface area contributed by atoms with Gasteiger partial charge in [0.1, 0.15) is 12.2 Å². The summed E-state index contributed by atoms with van der Waals surface area (Å²) >= 11 is 0. The molecule has 1 aromatic heterocycles. The molecular formula is C13H15F3N2O4. The Balaban J connectivity index is 2.85. The second kappa shape index (κ2) is 7.62. The average Bonchev–Trinajstić information content (AvgIpc) is 2.43. The van der Waals surface area contributed by atoms with Gasteiger partial charge in [-0.2, -0.15) is 13.2 Å². The highest BCUT2D eigenvalue weighted by Crippen LogP contribution is 2.17. The zero-order valence-electron chi connectivity index (χ0n) is 11.8. The standard InChI is InChI=1S/C13H15F3N2O4/c1-2-6-18(7-11(19)20)12(21)9-4-3-5-10(17-9)22-8-13(14,15)16/h3-5H,2,6-8H2,1H3,(H,19,20). The molecule has 0 saturated heterocycles. The van der Waals surface area contributed by atoms with Crippen molar-refractivity contribution in [3.05, 3.63) is 23.9 Å². The van der Waals surface area contributed by atoms with Crippen LogP contribution in [0.5, 0.6) is 5.88 Å². The summed E-state index contributed by atoms with van der Waals surface area (Å²) in [5.74, 6) is -2.22. The molecule has 0 aliphatic heterocycles. The summed E-state index contributed by atoms with van der Waals surface area (Å²) in [5, 5.41) is 8.77. The van der Waals surface area contributed by atoms with Crippen molar-refractivity contribution in [2.45, 2.75) is 19.5 Å². The third-order valence-corrected chi connectivity index (χ3v) is 2.43. The van der Waals surface area contributed by atoms with E-state index in [0.717, 1.165) is 4.90 Å². The van der Waals surface area contributed by atoms with Gasteiger partial charge in [0.25, 0.3) is 5.91 Å². The lowest BCUT2D eigenvalue weighted by Crippen LogP contribution is -2.36. The maximum atomic E-state index is 12.1. The fourth-order valence-electron chi connectivity index (χ4n) is 1.62. The van der Waals surface area contributed by atoms with Crippen molar-refractivity contribution in [3.8, 4) is 5.88 Å². The van der Waals surface area contributed by atoms with Gasteiger partial charge in [-0.3, -0.25) is 9.59 Å². The molecule has 22 heavy (non-hydrogen) atoms. The number of ether oxygens (including phenoxy) is 1. The van der Waals surface area contributed by atoms with Crippen LogP contribution in [0.3, 0.4) is 0 Å². The van der Waals surface area contributed by atoms with E-state index in [1.165, 1.54) is 18.2 Å². The number of nitrogens with zero attached hydrogens (tertiary/aromatic N) is 2. The van der Waals surface area contributed by atoms with Crippen LogP contribution in [0.2, 0.25) is 0 Å². The van der Waals surface area contributed by atoms with Gasteiger partial charge >= 0.3 is 12.1 Å². The zero-order valence-corrected chi connectivity index (χ0v) is 11.8. The molecule has 6 nitrogen and oxygen atoms in total. The van der Waals surface area contributed by atoms with E-state index in [2.05, 4.69) is 9.72 Å². The Kier molecular flexibility index (Phi) is 6.14. The van der Waals surface area contributed by atoms with Crippen LogP contribution in [-0.4, -0.2) is 52.7 Å². The topological polar surface area (TPSA) is 79.7 Å². The van der Waals surface area contributed by atoms with Crippen LogP contribution in [0.15, 0.2) is 18.2 Å². The quantitative estimate of drug-likeness (QED) is 0.831. The summed E-state index contributed by atoms with van der Waals surface area (Å²) in [5.41, 5.74) is -0.172. The lowest BCUT2D eigenvalue weighted by atomic mass is 10.3. The Bertz CT molecular complexity index is 534. The van der Waals surface area contributed by atoms with Crippen molar-refractivity contribution in [1.29, 1.82) is 0 Å². The van der Waals surface area contributed by atoms with Crippen LogP contribution in [0, 0.1) is 0 Å². The number of carbonyl (C=O) groups excluding carboxylic acids is 1. The van der Waals surface area contributed by atoms with Gasteiger partial charge < -0.3 is 14.7 Å². The van der Waals surface area contributed by atoms with E-state index in [0.29, 0.717) is 6.42 Å². The number of pyridine rings is 1. The molecule has 0 aliphatic carbocycles. The monoisotopic (exact) mass is 320 g/mol. The second-order valence-electron chi connectivity index (χ2n) is 4.39. The lowest BCUT2D eigenvalue weighted by Gasteiger charge is -2.19. The number of carboxylic acid groups (broad SMARTS) is 1. The minimum absolute atomic E-state index is 0.172. The van der Waals surface area contributed by atoms with E-state index < -0.39 is 31.2 Å². The Morgan fingerprint density at radius 3 is 2.59 bits per heavy atom. The van der Waals surface area contributed by atoms with E-state index in [-0.39, 0.29) is 18.1 Å². The summed E-state index contributed by atoms with van der Waals surface area (Å²) in [6.07, 6.45) is -3.98. The zero-order chi connectivity index (χ0) is 16.8. The van der Waals surface area contributed by atoms with Crippen LogP contribution < -0.4 is 4.74 Å². The maximum Gasteiger partial charge on any atom is 0.422 e. The van der Waals surface area contributed by atoms with E-state index in [4.69, 9.17) is 5.11 Å². The minimum atomic E-state index is -4.51. The molecule has 1 rings (SSSR count). The maximum absolute atomic E-state index is 12.1. The molecule has 1 amide bonds. The number of aliphatic carboxylic acids is 1. The lowest BCUT2D eigenvalue weighted by molar-refractivity contribution is -0.154. The average molecular weight is 320 g/mol. The van der Waals surface area contributed by atoms with Gasteiger partial charge in [-0.05, 0) is 12.5 Å². The van der Waals surface area contributed by atoms with Crippen LogP contribution in [0.25, 0.3) is 0 Å². The summed E-state index contributed by atoms with van der Waals surface area (Å²) in [7, 11) is 0. The van der Waals surface area contributed by atoms with E-state index in [1.54, 1.807) is 6.92 Å². The fraction of sp³-hybridized carbons (Fsp3) is 0.462. The highest BCUT2D eigenvalue weighted by atomic mass is 19.4. The van der Waals surface area contributed by atoms with E-state index in [9.17, 15) is 22.8 Å².